The summed E-state index contributed by atoms with van der Waals surface area (Å²) in [6, 6.07) is 2.88. The van der Waals surface area contributed by atoms with Gasteiger partial charge in [0.1, 0.15) is 11.3 Å². The molecule has 0 radical (unpaired) electrons. The fourth-order valence-corrected chi connectivity index (χ4v) is 4.07. The topological polar surface area (TPSA) is 38.7 Å². The van der Waals surface area contributed by atoms with Crippen LogP contribution in [0.25, 0.3) is 0 Å². The van der Waals surface area contributed by atoms with E-state index in [2.05, 4.69) is 25.8 Å². The minimum atomic E-state index is -4.59. The molecule has 1 aliphatic heterocycles. The molecule has 0 N–H and O–H groups in total. The van der Waals surface area contributed by atoms with E-state index < -0.39 is 11.7 Å². The number of nitrogens with zero attached hydrogens (tertiary/aromatic N) is 1. The van der Waals surface area contributed by atoms with Gasteiger partial charge in [-0.1, -0.05) is 20.8 Å². The highest BCUT2D eigenvalue weighted by molar-refractivity contribution is 6.40. The summed E-state index contributed by atoms with van der Waals surface area (Å²) in [7, 11) is 0. The van der Waals surface area contributed by atoms with Gasteiger partial charge in [-0.15, -0.1) is 0 Å². The molecule has 3 nitrogen and oxygen atoms in total. The molecule has 2 aliphatic rings. The Kier molecular flexibility index (Phi) is 5.12. The Labute approximate surface area is 158 Å². The summed E-state index contributed by atoms with van der Waals surface area (Å²) in [5, 5.41) is 0. The highest BCUT2D eigenvalue weighted by atomic mass is 19.4. The number of fused-ring (bicyclic) bond motifs is 1. The Morgan fingerprint density at radius 1 is 1.07 bits per heavy atom. The summed E-state index contributed by atoms with van der Waals surface area (Å²) in [6.07, 6.45) is -1.73. The molecule has 1 heterocycles. The van der Waals surface area contributed by atoms with Gasteiger partial charge in [-0.2, -0.15) is 13.2 Å². The van der Waals surface area contributed by atoms with Crippen LogP contribution in [0, 0.1) is 11.3 Å². The minimum Gasteiger partial charge on any atom is -0.490 e. The fourth-order valence-electron chi connectivity index (χ4n) is 4.07. The molecule has 0 bridgehead atoms. The molecule has 1 aromatic carbocycles. The first kappa shape index (κ1) is 19.9. The third-order valence-corrected chi connectivity index (χ3v) is 5.76. The van der Waals surface area contributed by atoms with Gasteiger partial charge in [-0.3, -0.25) is 4.79 Å². The first-order valence-electron chi connectivity index (χ1n) is 9.45. The Hall–Kier alpha value is -1.85. The van der Waals surface area contributed by atoms with Crippen molar-refractivity contribution in [2.45, 2.75) is 72.1 Å². The average Bonchev–Trinajstić information content (AvgIpc) is 2.54. The zero-order valence-corrected chi connectivity index (χ0v) is 16.2. The van der Waals surface area contributed by atoms with Crippen molar-refractivity contribution in [3.63, 3.8) is 0 Å². The maximum atomic E-state index is 13.8. The summed E-state index contributed by atoms with van der Waals surface area (Å²) in [5.74, 6) is -0.00301. The highest BCUT2D eigenvalue weighted by Crippen LogP contribution is 2.45. The summed E-state index contributed by atoms with van der Waals surface area (Å²) < 4.78 is 47.2. The van der Waals surface area contributed by atoms with Crippen LogP contribution in [-0.4, -0.2) is 17.6 Å². The second-order valence-electron chi connectivity index (χ2n) is 8.69. The number of hydrogen-bond donors (Lipinski definition) is 0. The predicted octanol–water partition coefficient (Wildman–Crippen LogP) is 5.91. The zero-order valence-electron chi connectivity index (χ0n) is 16.2. The number of rotatable bonds is 2. The van der Waals surface area contributed by atoms with Crippen molar-refractivity contribution >= 4 is 17.2 Å². The summed E-state index contributed by atoms with van der Waals surface area (Å²) in [4.78, 5) is 16.0. The number of ketones is 1. The first-order chi connectivity index (χ1) is 12.5. The Balaban J connectivity index is 1.87. The maximum Gasteiger partial charge on any atom is 0.420 e. The van der Waals surface area contributed by atoms with Crippen molar-refractivity contribution in [2.75, 3.05) is 0 Å². The minimum absolute atomic E-state index is 0.0704. The molecule has 6 heteroatoms. The van der Waals surface area contributed by atoms with Crippen LogP contribution in [0.15, 0.2) is 17.1 Å². The van der Waals surface area contributed by atoms with E-state index in [1.807, 2.05) is 0 Å². The van der Waals surface area contributed by atoms with Crippen molar-refractivity contribution < 1.29 is 22.7 Å². The molecule has 0 amide bonds. The number of ether oxygens (including phenoxy) is 1. The molecule has 0 atom stereocenters. The molecule has 0 spiro atoms. The molecular formula is C21H26F3NO2. The second kappa shape index (κ2) is 6.95. The van der Waals surface area contributed by atoms with Crippen molar-refractivity contribution in [1.29, 1.82) is 0 Å². The fraction of sp³-hybridized carbons (Fsp3) is 0.619. The van der Waals surface area contributed by atoms with Crippen LogP contribution in [0.3, 0.4) is 0 Å². The standard InChI is InChI=1S/C21H26F3NO2/c1-12-17(26)11-15-16(25-12)9-10-18(19(15)21(22,23)24)27-14-7-5-13(6-8-14)20(2,3)4/h9-10,13-14H,5-8,11H2,1-4H3/t13-,14-. The number of hydrogen-bond acceptors (Lipinski definition) is 3. The SMILES string of the molecule is CC1=Nc2ccc(O[C@H]3CC[C@H](C(C)(C)C)CC3)c(C(F)(F)F)c2CC1=O. The van der Waals surface area contributed by atoms with Gasteiger partial charge < -0.3 is 4.74 Å². The van der Waals surface area contributed by atoms with E-state index in [1.165, 1.54) is 19.1 Å². The number of carbonyl (C=O) groups excluding carboxylic acids is 1. The molecule has 3 rings (SSSR count). The van der Waals surface area contributed by atoms with E-state index in [9.17, 15) is 18.0 Å². The van der Waals surface area contributed by atoms with Crippen LogP contribution in [0.4, 0.5) is 18.9 Å². The van der Waals surface area contributed by atoms with Gasteiger partial charge in [0.05, 0.1) is 17.5 Å². The van der Waals surface area contributed by atoms with E-state index in [1.54, 1.807) is 0 Å². The van der Waals surface area contributed by atoms with Crippen molar-refractivity contribution in [3.05, 3.63) is 23.3 Å². The van der Waals surface area contributed by atoms with Crippen molar-refractivity contribution in [3.8, 4) is 5.75 Å². The van der Waals surface area contributed by atoms with Gasteiger partial charge in [0.15, 0.2) is 5.78 Å². The van der Waals surface area contributed by atoms with Gasteiger partial charge in [0, 0.05) is 12.0 Å². The van der Waals surface area contributed by atoms with Gasteiger partial charge in [0.25, 0.3) is 0 Å². The van der Waals surface area contributed by atoms with Gasteiger partial charge in [0.2, 0.25) is 0 Å². The molecule has 0 saturated heterocycles. The Bertz CT molecular complexity index is 767. The molecule has 1 aromatic rings. The lowest BCUT2D eigenvalue weighted by Gasteiger charge is -2.37. The summed E-state index contributed by atoms with van der Waals surface area (Å²) in [5.41, 5.74) is -0.265. The third-order valence-electron chi connectivity index (χ3n) is 5.76. The van der Waals surface area contributed by atoms with Crippen LogP contribution >= 0.6 is 0 Å². The van der Waals surface area contributed by atoms with E-state index in [4.69, 9.17) is 4.74 Å². The maximum absolute atomic E-state index is 13.8. The van der Waals surface area contributed by atoms with Gasteiger partial charge >= 0.3 is 6.18 Å². The summed E-state index contributed by atoms with van der Waals surface area (Å²) >= 11 is 0. The van der Waals surface area contributed by atoms with Crippen LogP contribution in [0.5, 0.6) is 5.75 Å². The first-order valence-corrected chi connectivity index (χ1v) is 9.45. The van der Waals surface area contributed by atoms with Crippen molar-refractivity contribution in [2.24, 2.45) is 16.3 Å². The number of halogens is 3. The van der Waals surface area contributed by atoms with Crippen LogP contribution in [0.2, 0.25) is 0 Å². The lowest BCUT2D eigenvalue weighted by Crippen LogP contribution is -2.31. The van der Waals surface area contributed by atoms with E-state index in [-0.39, 0.29) is 46.4 Å². The van der Waals surface area contributed by atoms with Gasteiger partial charge in [-0.05, 0) is 56.1 Å². The zero-order chi connectivity index (χ0) is 20.0. The smallest absolute Gasteiger partial charge is 0.420 e. The van der Waals surface area contributed by atoms with Crippen LogP contribution in [-0.2, 0) is 17.4 Å². The van der Waals surface area contributed by atoms with Gasteiger partial charge in [-0.25, -0.2) is 4.99 Å². The Morgan fingerprint density at radius 3 is 2.26 bits per heavy atom. The largest absolute Gasteiger partial charge is 0.490 e. The number of carbonyl (C=O) groups is 1. The normalized spacial score (nSPS) is 23.7. The molecular weight excluding hydrogens is 355 g/mol. The molecule has 0 aromatic heterocycles. The molecule has 1 saturated carbocycles. The number of aliphatic imine (C=N–C) groups is 1. The van der Waals surface area contributed by atoms with Crippen molar-refractivity contribution in [1.82, 2.24) is 0 Å². The Morgan fingerprint density at radius 2 is 1.70 bits per heavy atom. The molecule has 1 fully saturated rings. The van der Waals surface area contributed by atoms with E-state index in [0.29, 0.717) is 5.92 Å². The van der Waals surface area contributed by atoms with Crippen LogP contribution in [0.1, 0.15) is 64.5 Å². The quantitative estimate of drug-likeness (QED) is 0.639. The van der Waals surface area contributed by atoms with E-state index in [0.717, 1.165) is 25.7 Å². The molecule has 1 aliphatic carbocycles. The lowest BCUT2D eigenvalue weighted by atomic mass is 9.72. The number of Topliss-reactive ketones (excluding diaryl/α,β-unsaturated/α-hetero) is 1. The molecule has 0 unspecified atom stereocenters. The van der Waals surface area contributed by atoms with E-state index >= 15 is 0 Å². The monoisotopic (exact) mass is 381 g/mol. The number of benzene rings is 1. The van der Waals surface area contributed by atoms with Crippen LogP contribution < -0.4 is 4.74 Å². The number of alkyl halides is 3. The molecule has 27 heavy (non-hydrogen) atoms. The predicted molar refractivity (Wildman–Crippen MR) is 98.8 cm³/mol. The lowest BCUT2D eigenvalue weighted by molar-refractivity contribution is -0.140. The summed E-state index contributed by atoms with van der Waals surface area (Å²) in [6.45, 7) is 8.12. The average molecular weight is 381 g/mol. The second-order valence-corrected chi connectivity index (χ2v) is 8.69. The third kappa shape index (κ3) is 4.19. The highest BCUT2D eigenvalue weighted by Gasteiger charge is 2.41. The molecule has 148 valence electrons.